The third-order valence-corrected chi connectivity index (χ3v) is 3.50. The topological polar surface area (TPSA) is 79.9 Å². The molecule has 0 saturated carbocycles. The maximum atomic E-state index is 11.9. The molecule has 0 aromatic carbocycles. The van der Waals surface area contributed by atoms with E-state index in [1.807, 2.05) is 27.7 Å². The van der Waals surface area contributed by atoms with Crippen molar-refractivity contribution < 1.29 is 9.53 Å². The summed E-state index contributed by atoms with van der Waals surface area (Å²) in [6.45, 7) is 7.73. The summed E-state index contributed by atoms with van der Waals surface area (Å²) in [6, 6.07) is 0.208. The monoisotopic (exact) mass is 286 g/mol. The standard InChI is InChI=1S/C12H22N4O2S/c1-8(2)14-12(4,10(17)18-5)6-7-19-11-13-9(3)15-16-11/h8,14H,6-7H2,1-5H3,(H,13,15,16). The highest BCUT2D eigenvalue weighted by Crippen LogP contribution is 2.20. The molecule has 1 atom stereocenters. The Kier molecular flexibility index (Phi) is 5.81. The van der Waals surface area contributed by atoms with Crippen LogP contribution < -0.4 is 5.32 Å². The molecule has 0 radical (unpaired) electrons. The average molecular weight is 286 g/mol. The molecule has 2 N–H and O–H groups in total. The number of H-pyrrole nitrogens is 1. The molecule has 0 aliphatic rings. The fraction of sp³-hybridized carbons (Fsp3) is 0.750. The van der Waals surface area contributed by atoms with Crippen LogP contribution in [0.5, 0.6) is 0 Å². The molecule has 1 rings (SSSR count). The third-order valence-electron chi connectivity index (χ3n) is 2.65. The normalized spacial score (nSPS) is 14.4. The van der Waals surface area contributed by atoms with Gasteiger partial charge in [0.15, 0.2) is 0 Å². The number of methoxy groups -OCH3 is 1. The quantitative estimate of drug-likeness (QED) is 0.584. The van der Waals surface area contributed by atoms with Crippen LogP contribution in [-0.4, -0.2) is 45.6 Å². The smallest absolute Gasteiger partial charge is 0.325 e. The lowest BCUT2D eigenvalue weighted by atomic mass is 9.98. The lowest BCUT2D eigenvalue weighted by molar-refractivity contribution is -0.148. The van der Waals surface area contributed by atoms with Crippen LogP contribution in [0.3, 0.4) is 0 Å². The van der Waals surface area contributed by atoms with Gasteiger partial charge < -0.3 is 4.74 Å². The fourth-order valence-corrected chi connectivity index (χ4v) is 2.83. The van der Waals surface area contributed by atoms with E-state index in [2.05, 4.69) is 20.5 Å². The lowest BCUT2D eigenvalue weighted by Gasteiger charge is -2.29. The van der Waals surface area contributed by atoms with E-state index in [1.165, 1.54) is 18.9 Å². The van der Waals surface area contributed by atoms with Gasteiger partial charge >= 0.3 is 5.97 Å². The number of rotatable bonds is 7. The van der Waals surface area contributed by atoms with Crippen molar-refractivity contribution in [1.82, 2.24) is 20.5 Å². The SMILES string of the molecule is COC(=O)C(C)(CCSc1n[nH]c(C)n1)NC(C)C. The molecule has 7 heteroatoms. The zero-order chi connectivity index (χ0) is 14.5. The van der Waals surface area contributed by atoms with E-state index in [9.17, 15) is 4.79 Å². The Hall–Kier alpha value is -1.08. The molecule has 19 heavy (non-hydrogen) atoms. The second kappa shape index (κ2) is 6.91. The van der Waals surface area contributed by atoms with E-state index in [0.29, 0.717) is 11.6 Å². The van der Waals surface area contributed by atoms with Gasteiger partial charge in [-0.05, 0) is 34.1 Å². The van der Waals surface area contributed by atoms with E-state index in [1.54, 1.807) is 0 Å². The van der Waals surface area contributed by atoms with E-state index >= 15 is 0 Å². The second-order valence-corrected chi connectivity index (χ2v) is 5.99. The Bertz CT molecular complexity index is 422. The summed E-state index contributed by atoms with van der Waals surface area (Å²) in [4.78, 5) is 16.1. The number of nitrogens with one attached hydrogen (secondary N) is 2. The number of aromatic nitrogens is 3. The molecule has 0 spiro atoms. The summed E-state index contributed by atoms with van der Waals surface area (Å²) >= 11 is 1.52. The minimum absolute atomic E-state index is 0.208. The predicted molar refractivity (Wildman–Crippen MR) is 75.2 cm³/mol. The van der Waals surface area contributed by atoms with Crippen LogP contribution in [0.25, 0.3) is 0 Å². The first kappa shape index (κ1) is 16.0. The second-order valence-electron chi connectivity index (χ2n) is 4.92. The van der Waals surface area contributed by atoms with Crippen molar-refractivity contribution in [2.75, 3.05) is 12.9 Å². The van der Waals surface area contributed by atoms with Crippen molar-refractivity contribution in [3.05, 3.63) is 5.82 Å². The van der Waals surface area contributed by atoms with Gasteiger partial charge in [0.1, 0.15) is 11.4 Å². The van der Waals surface area contributed by atoms with Crippen molar-refractivity contribution in [2.24, 2.45) is 0 Å². The Morgan fingerprint density at radius 1 is 1.58 bits per heavy atom. The van der Waals surface area contributed by atoms with Crippen molar-refractivity contribution in [3.8, 4) is 0 Å². The maximum absolute atomic E-state index is 11.9. The molecule has 6 nitrogen and oxygen atoms in total. The van der Waals surface area contributed by atoms with Crippen LogP contribution in [0.2, 0.25) is 0 Å². The molecule has 0 fully saturated rings. The Morgan fingerprint density at radius 3 is 2.74 bits per heavy atom. The highest BCUT2D eigenvalue weighted by Gasteiger charge is 2.34. The number of esters is 1. The zero-order valence-corrected chi connectivity index (χ0v) is 12.9. The molecule has 1 heterocycles. The maximum Gasteiger partial charge on any atom is 0.325 e. The van der Waals surface area contributed by atoms with E-state index < -0.39 is 5.54 Å². The molecule has 1 unspecified atom stereocenters. The summed E-state index contributed by atoms with van der Waals surface area (Å²) in [5, 5.41) is 10.8. The summed E-state index contributed by atoms with van der Waals surface area (Å²) < 4.78 is 4.88. The van der Waals surface area contributed by atoms with Crippen molar-refractivity contribution >= 4 is 17.7 Å². The number of thioether (sulfide) groups is 1. The molecule has 0 aliphatic heterocycles. The number of aromatic amines is 1. The van der Waals surface area contributed by atoms with Crippen LogP contribution >= 0.6 is 11.8 Å². The minimum atomic E-state index is -0.679. The van der Waals surface area contributed by atoms with Crippen LogP contribution in [0, 0.1) is 6.92 Å². The minimum Gasteiger partial charge on any atom is -0.468 e. The van der Waals surface area contributed by atoms with Crippen molar-refractivity contribution in [1.29, 1.82) is 0 Å². The van der Waals surface area contributed by atoms with Crippen LogP contribution in [0.4, 0.5) is 0 Å². The van der Waals surface area contributed by atoms with E-state index in [0.717, 1.165) is 11.6 Å². The lowest BCUT2D eigenvalue weighted by Crippen LogP contribution is -2.53. The van der Waals surface area contributed by atoms with E-state index in [-0.39, 0.29) is 12.0 Å². The summed E-state index contributed by atoms with van der Waals surface area (Å²) in [6.07, 6.45) is 0.649. The van der Waals surface area contributed by atoms with Crippen LogP contribution in [-0.2, 0) is 9.53 Å². The Morgan fingerprint density at radius 2 is 2.26 bits per heavy atom. The van der Waals surface area contributed by atoms with Gasteiger partial charge in [-0.25, -0.2) is 4.98 Å². The summed E-state index contributed by atoms with van der Waals surface area (Å²) in [5.74, 6) is 1.29. The Balaban J connectivity index is 2.55. The molecule has 1 aromatic rings. The number of ether oxygens (including phenoxy) is 1. The van der Waals surface area contributed by atoms with Crippen molar-refractivity contribution in [3.63, 3.8) is 0 Å². The van der Waals surface area contributed by atoms with Gasteiger partial charge in [0.2, 0.25) is 5.16 Å². The molecular weight excluding hydrogens is 264 g/mol. The molecule has 0 amide bonds. The van der Waals surface area contributed by atoms with Crippen molar-refractivity contribution in [2.45, 2.75) is 50.9 Å². The molecule has 1 aromatic heterocycles. The summed E-state index contributed by atoms with van der Waals surface area (Å²) in [5.41, 5.74) is -0.679. The highest BCUT2D eigenvalue weighted by atomic mass is 32.2. The predicted octanol–water partition coefficient (Wildman–Crippen LogP) is 1.53. The zero-order valence-electron chi connectivity index (χ0n) is 12.1. The van der Waals surface area contributed by atoms with Crippen LogP contribution in [0.15, 0.2) is 5.16 Å². The number of carbonyl (C=O) groups is 1. The van der Waals surface area contributed by atoms with Gasteiger partial charge in [0, 0.05) is 11.8 Å². The molecule has 108 valence electrons. The fourth-order valence-electron chi connectivity index (χ4n) is 1.83. The number of nitrogens with zero attached hydrogens (tertiary/aromatic N) is 2. The first-order valence-electron chi connectivity index (χ1n) is 6.25. The van der Waals surface area contributed by atoms with Gasteiger partial charge in [-0.3, -0.25) is 15.2 Å². The molecule has 0 bridgehead atoms. The molecular formula is C12H22N4O2S. The van der Waals surface area contributed by atoms with Gasteiger partial charge in [0.05, 0.1) is 7.11 Å². The molecule has 0 saturated heterocycles. The number of hydrogen-bond acceptors (Lipinski definition) is 6. The largest absolute Gasteiger partial charge is 0.468 e. The molecule has 0 aliphatic carbocycles. The first-order valence-corrected chi connectivity index (χ1v) is 7.24. The van der Waals surface area contributed by atoms with Crippen LogP contribution in [0.1, 0.15) is 33.0 Å². The summed E-state index contributed by atoms with van der Waals surface area (Å²) in [7, 11) is 1.41. The number of aryl methyl sites for hydroxylation is 1. The van der Waals surface area contributed by atoms with Gasteiger partial charge in [-0.1, -0.05) is 11.8 Å². The first-order chi connectivity index (χ1) is 8.87. The van der Waals surface area contributed by atoms with E-state index in [4.69, 9.17) is 4.74 Å². The average Bonchev–Trinajstić information content (AvgIpc) is 2.73. The van der Waals surface area contributed by atoms with Gasteiger partial charge in [-0.2, -0.15) is 0 Å². The van der Waals surface area contributed by atoms with Gasteiger partial charge in [-0.15, -0.1) is 5.10 Å². The number of carbonyl (C=O) groups excluding carboxylic acids is 1. The Labute approximate surface area is 118 Å². The van der Waals surface area contributed by atoms with Gasteiger partial charge in [0.25, 0.3) is 0 Å². The highest BCUT2D eigenvalue weighted by molar-refractivity contribution is 7.99. The third kappa shape index (κ3) is 4.83. The number of hydrogen-bond donors (Lipinski definition) is 2.